The van der Waals surface area contributed by atoms with Gasteiger partial charge in [-0.15, -0.1) is 0 Å². The maximum absolute atomic E-state index is 10.4. The predicted octanol–water partition coefficient (Wildman–Crippen LogP) is 2.51. The van der Waals surface area contributed by atoms with Crippen molar-refractivity contribution in [3.05, 3.63) is 24.3 Å². The van der Waals surface area contributed by atoms with Crippen molar-refractivity contribution in [2.45, 2.75) is 57.7 Å². The van der Waals surface area contributed by atoms with E-state index in [-0.39, 0.29) is 18.4 Å². The third-order valence-corrected chi connectivity index (χ3v) is 3.94. The Labute approximate surface area is 120 Å². The minimum Gasteiger partial charge on any atom is -0.481 e. The van der Waals surface area contributed by atoms with E-state index in [0.717, 1.165) is 19.3 Å². The average Bonchev–Trinajstić information content (AvgIpc) is 2.76. The molecule has 0 aromatic heterocycles. The van der Waals surface area contributed by atoms with Crippen LogP contribution in [0, 0.1) is 11.8 Å². The Balaban J connectivity index is 2.43. The van der Waals surface area contributed by atoms with E-state index in [4.69, 9.17) is 5.11 Å². The Morgan fingerprint density at radius 3 is 2.75 bits per heavy atom. The number of aliphatic hydroxyl groups excluding tert-OH is 2. The SMILES string of the molecule is CCC(O)/C=C/C1CCC(O)C1C/C=C/CCC(=O)O. The van der Waals surface area contributed by atoms with E-state index in [2.05, 4.69) is 0 Å². The van der Waals surface area contributed by atoms with E-state index in [1.165, 1.54) is 0 Å². The topological polar surface area (TPSA) is 77.8 Å². The van der Waals surface area contributed by atoms with Gasteiger partial charge in [0.25, 0.3) is 0 Å². The molecule has 4 atom stereocenters. The van der Waals surface area contributed by atoms with Crippen LogP contribution in [0.4, 0.5) is 0 Å². The number of carboxylic acid groups (broad SMARTS) is 1. The van der Waals surface area contributed by atoms with Crippen LogP contribution in [0.1, 0.15) is 45.4 Å². The largest absolute Gasteiger partial charge is 0.481 e. The molecular weight excluding hydrogens is 256 g/mol. The first-order valence-corrected chi connectivity index (χ1v) is 7.45. The monoisotopic (exact) mass is 282 g/mol. The third kappa shape index (κ3) is 5.88. The summed E-state index contributed by atoms with van der Waals surface area (Å²) in [6.45, 7) is 1.93. The quantitative estimate of drug-likeness (QED) is 0.598. The number of hydrogen-bond acceptors (Lipinski definition) is 3. The predicted molar refractivity (Wildman–Crippen MR) is 78.3 cm³/mol. The van der Waals surface area contributed by atoms with Gasteiger partial charge in [-0.05, 0) is 43.9 Å². The van der Waals surface area contributed by atoms with Gasteiger partial charge in [-0.25, -0.2) is 0 Å². The highest BCUT2D eigenvalue weighted by atomic mass is 16.4. The summed E-state index contributed by atoms with van der Waals surface area (Å²) in [5.41, 5.74) is 0. The van der Waals surface area contributed by atoms with Crippen molar-refractivity contribution in [2.75, 3.05) is 0 Å². The maximum atomic E-state index is 10.4. The third-order valence-electron chi connectivity index (χ3n) is 3.94. The van der Waals surface area contributed by atoms with Gasteiger partial charge in [0.05, 0.1) is 12.2 Å². The molecule has 4 unspecified atom stereocenters. The van der Waals surface area contributed by atoms with Crippen molar-refractivity contribution in [1.29, 1.82) is 0 Å². The summed E-state index contributed by atoms with van der Waals surface area (Å²) in [5.74, 6) is -0.309. The lowest BCUT2D eigenvalue weighted by Crippen LogP contribution is -2.17. The summed E-state index contributed by atoms with van der Waals surface area (Å²) < 4.78 is 0. The summed E-state index contributed by atoms with van der Waals surface area (Å²) >= 11 is 0. The molecule has 1 aliphatic carbocycles. The molecule has 4 nitrogen and oxygen atoms in total. The molecule has 0 radical (unpaired) electrons. The Hall–Kier alpha value is -1.13. The Kier molecular flexibility index (Phi) is 7.55. The Morgan fingerprint density at radius 1 is 1.35 bits per heavy atom. The first-order valence-electron chi connectivity index (χ1n) is 7.45. The van der Waals surface area contributed by atoms with Crippen LogP contribution in [0.15, 0.2) is 24.3 Å². The van der Waals surface area contributed by atoms with Crippen LogP contribution in [0.3, 0.4) is 0 Å². The molecule has 3 N–H and O–H groups in total. The molecule has 1 aliphatic rings. The lowest BCUT2D eigenvalue weighted by molar-refractivity contribution is -0.136. The average molecular weight is 282 g/mol. The Morgan fingerprint density at radius 2 is 2.10 bits per heavy atom. The van der Waals surface area contributed by atoms with Gasteiger partial charge in [0, 0.05) is 6.42 Å². The van der Waals surface area contributed by atoms with Crippen LogP contribution in [0.5, 0.6) is 0 Å². The molecule has 0 bridgehead atoms. The highest BCUT2D eigenvalue weighted by Crippen LogP contribution is 2.35. The van der Waals surface area contributed by atoms with Gasteiger partial charge >= 0.3 is 5.97 Å². The van der Waals surface area contributed by atoms with Crippen LogP contribution in [0.2, 0.25) is 0 Å². The second-order valence-electron chi connectivity index (χ2n) is 5.47. The second-order valence-corrected chi connectivity index (χ2v) is 5.47. The van der Waals surface area contributed by atoms with Gasteiger partial charge in [-0.3, -0.25) is 4.79 Å². The lowest BCUT2D eigenvalue weighted by Gasteiger charge is -2.18. The number of carbonyl (C=O) groups is 1. The normalized spacial score (nSPS) is 28.4. The first kappa shape index (κ1) is 16.9. The first-order chi connectivity index (χ1) is 9.54. The standard InChI is InChI=1S/C16H26O4/c1-2-13(17)10-8-12-9-11-15(18)14(12)6-4-3-5-7-16(19)20/h3-4,8,10,12-15,17-18H,2,5-7,9,11H2,1H3,(H,19,20)/b4-3+,10-8+. The second kappa shape index (κ2) is 8.93. The van der Waals surface area contributed by atoms with Crippen molar-refractivity contribution in [1.82, 2.24) is 0 Å². The number of allylic oxidation sites excluding steroid dienone is 3. The van der Waals surface area contributed by atoms with Crippen LogP contribution in [-0.2, 0) is 4.79 Å². The highest BCUT2D eigenvalue weighted by molar-refractivity contribution is 5.66. The summed E-state index contributed by atoms with van der Waals surface area (Å²) in [6.07, 6.45) is 10.9. The summed E-state index contributed by atoms with van der Waals surface area (Å²) in [7, 11) is 0. The van der Waals surface area contributed by atoms with E-state index in [9.17, 15) is 15.0 Å². The molecular formula is C16H26O4. The highest BCUT2D eigenvalue weighted by Gasteiger charge is 2.32. The van der Waals surface area contributed by atoms with Crippen LogP contribution >= 0.6 is 0 Å². The number of rotatable bonds is 8. The van der Waals surface area contributed by atoms with E-state index in [1.807, 2.05) is 31.2 Å². The minimum atomic E-state index is -0.787. The molecule has 0 heterocycles. The fourth-order valence-corrected chi connectivity index (χ4v) is 2.63. The molecule has 0 saturated heterocycles. The van der Waals surface area contributed by atoms with Gasteiger partial charge in [0.15, 0.2) is 0 Å². The molecule has 114 valence electrons. The molecule has 0 aromatic rings. The van der Waals surface area contributed by atoms with E-state index in [1.54, 1.807) is 0 Å². The number of aliphatic carboxylic acids is 1. The zero-order chi connectivity index (χ0) is 15.0. The maximum Gasteiger partial charge on any atom is 0.303 e. The summed E-state index contributed by atoms with van der Waals surface area (Å²) in [5, 5.41) is 28.1. The fourth-order valence-electron chi connectivity index (χ4n) is 2.63. The Bertz CT molecular complexity index is 348. The molecule has 0 amide bonds. The lowest BCUT2D eigenvalue weighted by atomic mass is 9.90. The van der Waals surface area contributed by atoms with Crippen molar-refractivity contribution in [3.8, 4) is 0 Å². The van der Waals surface area contributed by atoms with Crippen molar-refractivity contribution >= 4 is 5.97 Å². The van der Waals surface area contributed by atoms with Crippen molar-refractivity contribution in [2.24, 2.45) is 11.8 Å². The molecule has 1 fully saturated rings. The molecule has 20 heavy (non-hydrogen) atoms. The summed E-state index contributed by atoms with van der Waals surface area (Å²) in [6, 6.07) is 0. The fraction of sp³-hybridized carbons (Fsp3) is 0.688. The molecule has 0 aliphatic heterocycles. The van der Waals surface area contributed by atoms with Gasteiger partial charge < -0.3 is 15.3 Å². The molecule has 4 heteroatoms. The smallest absolute Gasteiger partial charge is 0.303 e. The minimum absolute atomic E-state index is 0.149. The molecule has 1 rings (SSSR count). The van der Waals surface area contributed by atoms with Gasteiger partial charge in [0.2, 0.25) is 0 Å². The summed E-state index contributed by atoms with van der Waals surface area (Å²) in [4.78, 5) is 10.4. The molecule has 1 saturated carbocycles. The van der Waals surface area contributed by atoms with Crippen LogP contribution in [-0.4, -0.2) is 33.5 Å². The molecule has 0 aromatic carbocycles. The zero-order valence-electron chi connectivity index (χ0n) is 12.1. The number of carboxylic acids is 1. The van der Waals surface area contributed by atoms with Gasteiger partial charge in [-0.2, -0.15) is 0 Å². The van der Waals surface area contributed by atoms with Gasteiger partial charge in [0.1, 0.15) is 0 Å². The van der Waals surface area contributed by atoms with Crippen LogP contribution < -0.4 is 0 Å². The van der Waals surface area contributed by atoms with E-state index in [0.29, 0.717) is 18.8 Å². The number of hydrogen-bond donors (Lipinski definition) is 3. The van der Waals surface area contributed by atoms with Crippen molar-refractivity contribution in [3.63, 3.8) is 0 Å². The molecule has 0 spiro atoms. The zero-order valence-corrected chi connectivity index (χ0v) is 12.1. The van der Waals surface area contributed by atoms with E-state index < -0.39 is 12.1 Å². The number of aliphatic hydroxyl groups is 2. The van der Waals surface area contributed by atoms with Gasteiger partial charge in [-0.1, -0.05) is 31.2 Å². The van der Waals surface area contributed by atoms with Crippen molar-refractivity contribution < 1.29 is 20.1 Å². The van der Waals surface area contributed by atoms with E-state index >= 15 is 0 Å². The van der Waals surface area contributed by atoms with Crippen LogP contribution in [0.25, 0.3) is 0 Å².